The lowest BCUT2D eigenvalue weighted by atomic mass is 9.80. The molecule has 0 bridgehead atoms. The molecule has 3 N–H and O–H groups in total. The lowest BCUT2D eigenvalue weighted by molar-refractivity contribution is -0.0287. The van der Waals surface area contributed by atoms with E-state index in [1.807, 2.05) is 41.2 Å². The lowest BCUT2D eigenvalue weighted by Gasteiger charge is -2.36. The Morgan fingerprint density at radius 3 is 2.68 bits per heavy atom. The molecule has 6 nitrogen and oxygen atoms in total. The topological polar surface area (TPSA) is 79.2 Å². The van der Waals surface area contributed by atoms with Gasteiger partial charge in [-0.25, -0.2) is 4.79 Å². The van der Waals surface area contributed by atoms with Gasteiger partial charge in [0.25, 0.3) is 0 Å². The minimum absolute atomic E-state index is 0.292. The van der Waals surface area contributed by atoms with E-state index in [0.717, 1.165) is 30.5 Å². The van der Waals surface area contributed by atoms with Crippen LogP contribution in [-0.2, 0) is 6.54 Å². The van der Waals surface area contributed by atoms with Gasteiger partial charge in [-0.05, 0) is 43.0 Å². The van der Waals surface area contributed by atoms with E-state index in [4.69, 9.17) is 0 Å². The minimum atomic E-state index is -0.703. The maximum atomic E-state index is 11.8. The molecule has 0 radical (unpaired) electrons. The van der Waals surface area contributed by atoms with Gasteiger partial charge in [0.05, 0.1) is 12.1 Å². The number of nitrogens with zero attached hydrogens (tertiary/aromatic N) is 2. The van der Waals surface area contributed by atoms with E-state index < -0.39 is 5.60 Å². The molecule has 2 aromatic rings. The van der Waals surface area contributed by atoms with E-state index in [-0.39, 0.29) is 6.03 Å². The van der Waals surface area contributed by atoms with Gasteiger partial charge in [-0.2, -0.15) is 5.10 Å². The average molecular weight is 300 g/mol. The Balaban J connectivity index is 1.48. The van der Waals surface area contributed by atoms with Crippen molar-refractivity contribution in [3.8, 4) is 0 Å². The highest BCUT2D eigenvalue weighted by Gasteiger charge is 2.34. The van der Waals surface area contributed by atoms with Gasteiger partial charge < -0.3 is 15.7 Å². The Kier molecular flexibility index (Phi) is 4.11. The first-order chi connectivity index (χ1) is 10.6. The maximum Gasteiger partial charge on any atom is 0.319 e. The molecule has 1 aromatic heterocycles. The molecule has 22 heavy (non-hydrogen) atoms. The first-order valence-corrected chi connectivity index (χ1v) is 7.47. The predicted molar refractivity (Wildman–Crippen MR) is 83.6 cm³/mol. The third-order valence-electron chi connectivity index (χ3n) is 3.98. The normalized spacial score (nSPS) is 15.9. The number of rotatable bonds is 5. The van der Waals surface area contributed by atoms with Crippen molar-refractivity contribution in [3.05, 3.63) is 48.3 Å². The van der Waals surface area contributed by atoms with Crippen LogP contribution in [0.1, 0.15) is 24.8 Å². The second-order valence-corrected chi connectivity index (χ2v) is 5.79. The van der Waals surface area contributed by atoms with Crippen molar-refractivity contribution in [2.45, 2.75) is 31.4 Å². The van der Waals surface area contributed by atoms with Gasteiger partial charge >= 0.3 is 6.03 Å². The number of benzene rings is 1. The Hall–Kier alpha value is -2.34. The highest BCUT2D eigenvalue weighted by Crippen LogP contribution is 2.30. The molecule has 0 spiro atoms. The van der Waals surface area contributed by atoms with Crippen LogP contribution in [0.2, 0.25) is 0 Å². The number of hydrogen-bond donors (Lipinski definition) is 3. The average Bonchev–Trinajstić information content (AvgIpc) is 2.98. The molecular weight excluding hydrogens is 280 g/mol. The number of amides is 2. The SMILES string of the molecule is O=C(NCC1(O)CCC1)Nc1ccc(Cn2cccn2)cc1. The summed E-state index contributed by atoms with van der Waals surface area (Å²) in [7, 11) is 0. The molecule has 1 fully saturated rings. The second-order valence-electron chi connectivity index (χ2n) is 5.79. The molecule has 1 saturated carbocycles. The number of hydrogen-bond acceptors (Lipinski definition) is 3. The van der Waals surface area contributed by atoms with E-state index in [2.05, 4.69) is 15.7 Å². The van der Waals surface area contributed by atoms with Gasteiger partial charge in [0, 0.05) is 24.6 Å². The number of urea groups is 1. The third-order valence-corrected chi connectivity index (χ3v) is 3.98. The fourth-order valence-corrected chi connectivity index (χ4v) is 2.46. The zero-order valence-corrected chi connectivity index (χ0v) is 12.3. The molecule has 116 valence electrons. The highest BCUT2D eigenvalue weighted by atomic mass is 16.3. The van der Waals surface area contributed by atoms with Crippen LogP contribution in [-0.4, -0.2) is 33.1 Å². The van der Waals surface area contributed by atoms with Crippen LogP contribution in [0.25, 0.3) is 0 Å². The van der Waals surface area contributed by atoms with Crippen molar-refractivity contribution < 1.29 is 9.90 Å². The van der Waals surface area contributed by atoms with Crippen molar-refractivity contribution in [1.29, 1.82) is 0 Å². The van der Waals surface area contributed by atoms with Crippen molar-refractivity contribution in [1.82, 2.24) is 15.1 Å². The molecule has 6 heteroatoms. The third kappa shape index (κ3) is 3.65. The molecule has 0 unspecified atom stereocenters. The molecule has 1 aliphatic carbocycles. The Morgan fingerprint density at radius 1 is 1.32 bits per heavy atom. The van der Waals surface area contributed by atoms with Crippen LogP contribution in [0.5, 0.6) is 0 Å². The smallest absolute Gasteiger partial charge is 0.319 e. The number of carbonyl (C=O) groups is 1. The summed E-state index contributed by atoms with van der Waals surface area (Å²) in [6, 6.07) is 9.22. The lowest BCUT2D eigenvalue weighted by Crippen LogP contribution is -2.48. The van der Waals surface area contributed by atoms with Crippen molar-refractivity contribution in [2.75, 3.05) is 11.9 Å². The number of aliphatic hydroxyl groups is 1. The number of aromatic nitrogens is 2. The molecule has 3 rings (SSSR count). The molecule has 1 aromatic carbocycles. The summed E-state index contributed by atoms with van der Waals surface area (Å²) in [5, 5.41) is 19.6. The van der Waals surface area contributed by atoms with Gasteiger partial charge in [0.1, 0.15) is 0 Å². The molecule has 0 atom stereocenters. The zero-order chi connectivity index (χ0) is 15.4. The summed E-state index contributed by atoms with van der Waals surface area (Å²) in [6.45, 7) is 1.00. The summed E-state index contributed by atoms with van der Waals surface area (Å²) < 4.78 is 1.84. The molecule has 1 heterocycles. The van der Waals surface area contributed by atoms with E-state index in [1.54, 1.807) is 6.20 Å². The molecular formula is C16H20N4O2. The largest absolute Gasteiger partial charge is 0.388 e. The fourth-order valence-electron chi connectivity index (χ4n) is 2.46. The number of carbonyl (C=O) groups excluding carboxylic acids is 1. The number of nitrogens with one attached hydrogen (secondary N) is 2. The van der Waals surface area contributed by atoms with Gasteiger partial charge in [-0.1, -0.05) is 12.1 Å². The van der Waals surface area contributed by atoms with E-state index in [0.29, 0.717) is 13.1 Å². The van der Waals surface area contributed by atoms with Gasteiger partial charge in [-0.15, -0.1) is 0 Å². The fraction of sp³-hybridized carbons (Fsp3) is 0.375. The Morgan fingerprint density at radius 2 is 2.09 bits per heavy atom. The molecule has 1 aliphatic rings. The minimum Gasteiger partial charge on any atom is -0.388 e. The summed E-state index contributed by atoms with van der Waals surface area (Å²) >= 11 is 0. The first-order valence-electron chi connectivity index (χ1n) is 7.47. The Labute approximate surface area is 129 Å². The van der Waals surface area contributed by atoms with Crippen LogP contribution in [0.15, 0.2) is 42.7 Å². The van der Waals surface area contributed by atoms with Crippen LogP contribution in [0.4, 0.5) is 10.5 Å². The van der Waals surface area contributed by atoms with Crippen molar-refractivity contribution >= 4 is 11.7 Å². The van der Waals surface area contributed by atoms with Crippen LogP contribution >= 0.6 is 0 Å². The molecule has 2 amide bonds. The Bertz CT molecular complexity index is 618. The summed E-state index contributed by atoms with van der Waals surface area (Å²) in [5.74, 6) is 0. The standard InChI is InChI=1S/C16H20N4O2/c21-15(17-12-16(22)7-1-8-16)19-14-5-3-13(4-6-14)11-20-10-2-9-18-20/h2-6,9-10,22H,1,7-8,11-12H2,(H2,17,19,21). The zero-order valence-electron chi connectivity index (χ0n) is 12.3. The highest BCUT2D eigenvalue weighted by molar-refractivity contribution is 5.89. The van der Waals surface area contributed by atoms with Crippen molar-refractivity contribution in [3.63, 3.8) is 0 Å². The number of anilines is 1. The molecule has 0 saturated heterocycles. The summed E-state index contributed by atoms with van der Waals surface area (Å²) in [4.78, 5) is 11.8. The van der Waals surface area contributed by atoms with Crippen LogP contribution < -0.4 is 10.6 Å². The predicted octanol–water partition coefficient (Wildman–Crippen LogP) is 1.97. The van der Waals surface area contributed by atoms with Gasteiger partial charge in [0.2, 0.25) is 0 Å². The van der Waals surface area contributed by atoms with Gasteiger partial charge in [0.15, 0.2) is 0 Å². The maximum absolute atomic E-state index is 11.8. The first kappa shape index (κ1) is 14.6. The summed E-state index contributed by atoms with van der Waals surface area (Å²) in [6.07, 6.45) is 6.20. The van der Waals surface area contributed by atoms with E-state index in [9.17, 15) is 9.90 Å². The van der Waals surface area contributed by atoms with E-state index >= 15 is 0 Å². The molecule has 0 aliphatic heterocycles. The quantitative estimate of drug-likeness (QED) is 0.790. The summed E-state index contributed by atoms with van der Waals surface area (Å²) in [5.41, 5.74) is 1.13. The van der Waals surface area contributed by atoms with Crippen LogP contribution in [0.3, 0.4) is 0 Å². The second kappa shape index (κ2) is 6.19. The van der Waals surface area contributed by atoms with Gasteiger partial charge in [-0.3, -0.25) is 4.68 Å². The van der Waals surface area contributed by atoms with E-state index in [1.165, 1.54) is 0 Å². The monoisotopic (exact) mass is 300 g/mol. The van der Waals surface area contributed by atoms with Crippen molar-refractivity contribution in [2.24, 2.45) is 0 Å². The van der Waals surface area contributed by atoms with Crippen LogP contribution in [0, 0.1) is 0 Å².